The highest BCUT2D eigenvalue weighted by atomic mass is 35.5. The highest BCUT2D eigenvalue weighted by Gasteiger charge is 2.26. The van der Waals surface area contributed by atoms with Crippen molar-refractivity contribution in [2.75, 3.05) is 5.75 Å². The second-order valence-corrected chi connectivity index (χ2v) is 13.0. The van der Waals surface area contributed by atoms with Gasteiger partial charge in [0, 0.05) is 16.1 Å². The number of amides is 1. The molecule has 39 heavy (non-hydrogen) atoms. The first-order valence-corrected chi connectivity index (χ1v) is 14.2. The number of carbonyl (C=O) groups is 1. The van der Waals surface area contributed by atoms with Gasteiger partial charge in [-0.25, -0.2) is 10.4 Å². The SMILES string of the molecule is CC(C)(C)c1cc(/C=N\NC(=O)CSc2nc3ccccc3n2Cc2ccccc2Cl)cc(C(C)(C)C)c1O. The Hall–Kier alpha value is -3.29. The number of imidazole rings is 1. The zero-order valence-electron chi connectivity index (χ0n) is 23.2. The fourth-order valence-electron chi connectivity index (χ4n) is 4.33. The van der Waals surface area contributed by atoms with Crippen molar-refractivity contribution < 1.29 is 9.90 Å². The molecule has 0 saturated heterocycles. The van der Waals surface area contributed by atoms with E-state index in [9.17, 15) is 9.90 Å². The number of hydrogen-bond donors (Lipinski definition) is 2. The molecule has 0 spiro atoms. The molecule has 3 aromatic carbocycles. The molecule has 1 aromatic heterocycles. The topological polar surface area (TPSA) is 79.5 Å². The summed E-state index contributed by atoms with van der Waals surface area (Å²) in [6, 6.07) is 19.5. The summed E-state index contributed by atoms with van der Waals surface area (Å²) >= 11 is 7.78. The molecule has 0 atom stereocenters. The number of rotatable bonds is 7. The van der Waals surface area contributed by atoms with Crippen molar-refractivity contribution in [3.05, 3.63) is 87.9 Å². The summed E-state index contributed by atoms with van der Waals surface area (Å²) in [4.78, 5) is 17.5. The standard InChI is InChI=1S/C31H35ClN4O2S/c1-30(2,3)22-15-20(16-23(28(22)38)31(4,5)6)17-33-35-27(37)19-39-29-34-25-13-9-10-14-26(25)36(29)18-21-11-7-8-12-24(21)32/h7-17,38H,18-19H2,1-6H3,(H,35,37)/b33-17-. The largest absolute Gasteiger partial charge is 0.507 e. The Morgan fingerprint density at radius 3 is 2.28 bits per heavy atom. The normalized spacial score (nSPS) is 12.4. The number of hydrazone groups is 1. The van der Waals surface area contributed by atoms with Gasteiger partial charge in [0.25, 0.3) is 5.91 Å². The Labute approximate surface area is 239 Å². The molecule has 8 heteroatoms. The first-order valence-electron chi connectivity index (χ1n) is 12.9. The van der Waals surface area contributed by atoms with E-state index in [0.29, 0.717) is 17.3 Å². The van der Waals surface area contributed by atoms with E-state index in [1.54, 1.807) is 6.21 Å². The van der Waals surface area contributed by atoms with Gasteiger partial charge in [-0.1, -0.05) is 95.2 Å². The van der Waals surface area contributed by atoms with Crippen LogP contribution in [0.2, 0.25) is 5.02 Å². The van der Waals surface area contributed by atoms with Gasteiger partial charge in [-0.2, -0.15) is 5.10 Å². The second-order valence-electron chi connectivity index (χ2n) is 11.6. The lowest BCUT2D eigenvalue weighted by molar-refractivity contribution is -0.118. The van der Waals surface area contributed by atoms with Gasteiger partial charge in [-0.05, 0) is 52.3 Å². The molecule has 2 N–H and O–H groups in total. The molecular weight excluding hydrogens is 528 g/mol. The van der Waals surface area contributed by atoms with Gasteiger partial charge in [-0.3, -0.25) is 4.79 Å². The third kappa shape index (κ3) is 6.84. The molecule has 0 aliphatic rings. The summed E-state index contributed by atoms with van der Waals surface area (Å²) < 4.78 is 2.08. The van der Waals surface area contributed by atoms with E-state index in [1.165, 1.54) is 11.8 Å². The maximum absolute atomic E-state index is 12.7. The van der Waals surface area contributed by atoms with Crippen molar-refractivity contribution in [1.82, 2.24) is 15.0 Å². The van der Waals surface area contributed by atoms with E-state index in [1.807, 2.05) is 60.7 Å². The average molecular weight is 563 g/mol. The predicted molar refractivity (Wildman–Crippen MR) is 162 cm³/mol. The minimum absolute atomic E-state index is 0.152. The molecule has 4 rings (SSSR count). The number of para-hydroxylation sites is 2. The highest BCUT2D eigenvalue weighted by molar-refractivity contribution is 7.99. The molecule has 204 valence electrons. The maximum atomic E-state index is 12.7. The lowest BCUT2D eigenvalue weighted by Gasteiger charge is -2.27. The average Bonchev–Trinajstić information content (AvgIpc) is 3.21. The van der Waals surface area contributed by atoms with Crippen molar-refractivity contribution in [3.8, 4) is 5.75 Å². The number of phenolic OH excluding ortho intramolecular Hbond substituents is 1. The summed E-state index contributed by atoms with van der Waals surface area (Å²) in [6.45, 7) is 12.9. The van der Waals surface area contributed by atoms with Crippen LogP contribution in [0.15, 0.2) is 70.9 Å². The zero-order valence-corrected chi connectivity index (χ0v) is 24.8. The number of aromatic hydroxyl groups is 1. The van der Waals surface area contributed by atoms with Crippen LogP contribution in [0.25, 0.3) is 11.0 Å². The van der Waals surface area contributed by atoms with Gasteiger partial charge in [0.15, 0.2) is 5.16 Å². The molecule has 0 unspecified atom stereocenters. The van der Waals surface area contributed by atoms with E-state index in [0.717, 1.165) is 38.4 Å². The van der Waals surface area contributed by atoms with Crippen LogP contribution in [0, 0.1) is 0 Å². The quantitative estimate of drug-likeness (QED) is 0.141. The molecule has 0 radical (unpaired) electrons. The van der Waals surface area contributed by atoms with Crippen molar-refractivity contribution in [2.45, 2.75) is 64.1 Å². The van der Waals surface area contributed by atoms with E-state index in [2.05, 4.69) is 56.6 Å². The molecule has 1 heterocycles. The van der Waals surface area contributed by atoms with Crippen LogP contribution < -0.4 is 5.43 Å². The molecule has 0 bridgehead atoms. The Bertz CT molecular complexity index is 1490. The molecule has 0 aliphatic heterocycles. The summed E-state index contributed by atoms with van der Waals surface area (Å²) in [5.74, 6) is 0.227. The summed E-state index contributed by atoms with van der Waals surface area (Å²) in [5.41, 5.74) is 7.47. The monoisotopic (exact) mass is 562 g/mol. The van der Waals surface area contributed by atoms with Crippen LogP contribution in [-0.4, -0.2) is 32.5 Å². The number of aromatic nitrogens is 2. The van der Waals surface area contributed by atoms with E-state index in [-0.39, 0.29) is 22.5 Å². The second kappa shape index (κ2) is 11.4. The highest BCUT2D eigenvalue weighted by Crippen LogP contribution is 2.39. The lowest BCUT2D eigenvalue weighted by atomic mass is 9.78. The number of nitrogens with one attached hydrogen (secondary N) is 1. The fraction of sp³-hybridized carbons (Fsp3) is 0.323. The third-order valence-electron chi connectivity index (χ3n) is 6.39. The maximum Gasteiger partial charge on any atom is 0.250 e. The van der Waals surface area contributed by atoms with Gasteiger partial charge >= 0.3 is 0 Å². The number of nitrogens with zero attached hydrogens (tertiary/aromatic N) is 3. The molecule has 0 saturated carbocycles. The van der Waals surface area contributed by atoms with Crippen molar-refractivity contribution >= 4 is 46.5 Å². The fourth-order valence-corrected chi connectivity index (χ4v) is 5.33. The van der Waals surface area contributed by atoms with Crippen LogP contribution in [-0.2, 0) is 22.2 Å². The van der Waals surface area contributed by atoms with Gasteiger partial charge in [-0.15, -0.1) is 0 Å². The first kappa shape index (κ1) is 28.7. The van der Waals surface area contributed by atoms with Gasteiger partial charge in [0.2, 0.25) is 0 Å². The van der Waals surface area contributed by atoms with Gasteiger partial charge in [0.1, 0.15) is 5.75 Å². The molecule has 0 aliphatic carbocycles. The van der Waals surface area contributed by atoms with Crippen LogP contribution >= 0.6 is 23.4 Å². The molecule has 0 fully saturated rings. The molecular formula is C31H35ClN4O2S. The van der Waals surface area contributed by atoms with Crippen LogP contribution in [0.3, 0.4) is 0 Å². The zero-order chi connectivity index (χ0) is 28.4. The third-order valence-corrected chi connectivity index (χ3v) is 7.73. The molecule has 1 amide bonds. The van der Waals surface area contributed by atoms with Gasteiger partial charge in [0.05, 0.1) is 29.5 Å². The van der Waals surface area contributed by atoms with Crippen molar-refractivity contribution in [2.24, 2.45) is 5.10 Å². The van der Waals surface area contributed by atoms with Crippen LogP contribution in [0.5, 0.6) is 5.75 Å². The number of fused-ring (bicyclic) bond motifs is 1. The lowest BCUT2D eigenvalue weighted by Crippen LogP contribution is -2.20. The number of halogens is 1. The molecule has 6 nitrogen and oxygen atoms in total. The number of benzene rings is 3. The minimum Gasteiger partial charge on any atom is -0.507 e. The van der Waals surface area contributed by atoms with Crippen LogP contribution in [0.4, 0.5) is 0 Å². The Balaban J connectivity index is 1.49. The Morgan fingerprint density at radius 2 is 1.64 bits per heavy atom. The van der Waals surface area contributed by atoms with Gasteiger partial charge < -0.3 is 9.67 Å². The van der Waals surface area contributed by atoms with Crippen LogP contribution in [0.1, 0.15) is 63.8 Å². The number of thioether (sulfide) groups is 1. The number of hydrogen-bond acceptors (Lipinski definition) is 5. The smallest absolute Gasteiger partial charge is 0.250 e. The van der Waals surface area contributed by atoms with E-state index < -0.39 is 0 Å². The predicted octanol–water partition coefficient (Wildman–Crippen LogP) is 7.28. The minimum atomic E-state index is -0.247. The Morgan fingerprint density at radius 1 is 1.03 bits per heavy atom. The van der Waals surface area contributed by atoms with Crippen molar-refractivity contribution in [3.63, 3.8) is 0 Å². The van der Waals surface area contributed by atoms with Crippen molar-refractivity contribution in [1.29, 1.82) is 0 Å². The summed E-state index contributed by atoms with van der Waals surface area (Å²) in [5, 5.41) is 16.6. The number of carbonyl (C=O) groups excluding carboxylic acids is 1. The Kier molecular flexibility index (Phi) is 8.42. The first-order chi connectivity index (χ1) is 18.3. The van der Waals surface area contributed by atoms with E-state index >= 15 is 0 Å². The molecule has 4 aromatic rings. The number of phenols is 1. The van der Waals surface area contributed by atoms with E-state index in [4.69, 9.17) is 16.6 Å². The summed E-state index contributed by atoms with van der Waals surface area (Å²) in [7, 11) is 0. The summed E-state index contributed by atoms with van der Waals surface area (Å²) in [6.07, 6.45) is 1.62.